The molecule has 4 heteroatoms. The Morgan fingerprint density at radius 1 is 0.375 bits per heavy atom. The lowest BCUT2D eigenvalue weighted by Crippen LogP contribution is -1.98. The number of allylic oxidation sites excluding steroid dienone is 2. The van der Waals surface area contributed by atoms with Crippen LogP contribution in [-0.2, 0) is 0 Å². The van der Waals surface area contributed by atoms with Crippen molar-refractivity contribution in [3.8, 4) is 23.0 Å². The minimum atomic E-state index is 0.278. The van der Waals surface area contributed by atoms with Crippen LogP contribution < -0.4 is 9.47 Å². The van der Waals surface area contributed by atoms with E-state index in [1.807, 2.05) is 60.7 Å². The molecule has 0 spiro atoms. The molecule has 0 saturated carbocycles. The van der Waals surface area contributed by atoms with Gasteiger partial charge >= 0.3 is 0 Å². The average Bonchev–Trinajstić information content (AvgIpc) is 3.24. The van der Waals surface area contributed by atoms with E-state index < -0.39 is 0 Å². The summed E-state index contributed by atoms with van der Waals surface area (Å²) in [5, 5.41) is 19.5. The molecule has 6 aromatic rings. The highest BCUT2D eigenvalue weighted by Gasteiger charge is 2.15. The van der Waals surface area contributed by atoms with Crippen molar-refractivity contribution in [2.24, 2.45) is 0 Å². The SMILES string of the molecule is CCCCOc1ccc(/C(=C(/CC)c2ccccc2)c2ccc(O)cc2)cc1.CCCCOc1ccc(C(=C(CC)c2ccccc2)c2ccc(O)cc2)cc1. The van der Waals surface area contributed by atoms with Gasteiger partial charge in [-0.05, 0) is 130 Å². The van der Waals surface area contributed by atoms with Crippen LogP contribution in [-0.4, -0.2) is 23.4 Å². The second-order valence-electron chi connectivity index (χ2n) is 13.7. The van der Waals surface area contributed by atoms with Crippen LogP contribution in [0.2, 0.25) is 0 Å². The monoisotopic (exact) mass is 744 g/mol. The van der Waals surface area contributed by atoms with Crippen molar-refractivity contribution < 1.29 is 19.7 Å². The Morgan fingerprint density at radius 2 is 0.679 bits per heavy atom. The molecule has 0 amide bonds. The standard InChI is InChI=1S/2C26H28O2/c2*1-3-5-19-28-24-17-13-22(14-18-24)26(21-11-15-23(27)16-12-21)25(4-2)20-9-7-6-8-10-20/h2*6-18,27H,3-5,19H2,1-2H3/b26-25-;. The molecule has 0 fully saturated rings. The molecule has 2 N–H and O–H groups in total. The highest BCUT2D eigenvalue weighted by atomic mass is 16.5. The van der Waals surface area contributed by atoms with Crippen LogP contribution in [0.15, 0.2) is 158 Å². The topological polar surface area (TPSA) is 58.9 Å². The van der Waals surface area contributed by atoms with E-state index in [2.05, 4.69) is 100 Å². The second-order valence-corrected chi connectivity index (χ2v) is 13.7. The zero-order valence-corrected chi connectivity index (χ0v) is 33.4. The lowest BCUT2D eigenvalue weighted by atomic mass is 9.88. The van der Waals surface area contributed by atoms with E-state index in [0.717, 1.165) is 85.5 Å². The van der Waals surface area contributed by atoms with E-state index in [4.69, 9.17) is 9.47 Å². The molecular weight excluding hydrogens is 689 g/mol. The summed E-state index contributed by atoms with van der Waals surface area (Å²) in [6.45, 7) is 10.2. The van der Waals surface area contributed by atoms with Crippen molar-refractivity contribution in [2.45, 2.75) is 66.2 Å². The van der Waals surface area contributed by atoms with Gasteiger partial charge in [0.05, 0.1) is 13.2 Å². The van der Waals surface area contributed by atoms with Gasteiger partial charge in [-0.3, -0.25) is 0 Å². The zero-order valence-electron chi connectivity index (χ0n) is 33.4. The van der Waals surface area contributed by atoms with Crippen molar-refractivity contribution >= 4 is 22.3 Å². The van der Waals surface area contributed by atoms with Gasteiger partial charge in [-0.15, -0.1) is 0 Å². The van der Waals surface area contributed by atoms with Gasteiger partial charge in [-0.25, -0.2) is 0 Å². The molecule has 0 atom stereocenters. The maximum atomic E-state index is 9.73. The third-order valence-corrected chi connectivity index (χ3v) is 9.69. The smallest absolute Gasteiger partial charge is 0.119 e. The van der Waals surface area contributed by atoms with Crippen molar-refractivity contribution in [1.82, 2.24) is 0 Å². The summed E-state index contributed by atoms with van der Waals surface area (Å²) in [7, 11) is 0. The molecular formula is C52H56O4. The Kier molecular flexibility index (Phi) is 16.0. The van der Waals surface area contributed by atoms with Gasteiger partial charge < -0.3 is 19.7 Å². The maximum Gasteiger partial charge on any atom is 0.119 e. The van der Waals surface area contributed by atoms with Crippen molar-refractivity contribution in [3.63, 3.8) is 0 Å². The second kappa shape index (κ2) is 21.8. The molecule has 0 unspecified atom stereocenters. The number of phenols is 2. The van der Waals surface area contributed by atoms with Crippen LogP contribution in [0.1, 0.15) is 99.6 Å². The number of phenolic OH excluding ortho intramolecular Hbond substituents is 2. The van der Waals surface area contributed by atoms with Crippen LogP contribution in [0, 0.1) is 0 Å². The molecule has 56 heavy (non-hydrogen) atoms. The molecule has 0 aromatic heterocycles. The van der Waals surface area contributed by atoms with E-state index in [9.17, 15) is 10.2 Å². The lowest BCUT2D eigenvalue weighted by molar-refractivity contribution is 0.309. The molecule has 6 aromatic carbocycles. The molecule has 0 heterocycles. The summed E-state index contributed by atoms with van der Waals surface area (Å²) in [5.74, 6) is 2.36. The first-order valence-electron chi connectivity index (χ1n) is 20.1. The Bertz CT molecular complexity index is 1940. The lowest BCUT2D eigenvalue weighted by Gasteiger charge is -2.17. The minimum Gasteiger partial charge on any atom is -0.508 e. The molecule has 0 aliphatic heterocycles. The Balaban J connectivity index is 0.000000214. The number of hydrogen-bond donors (Lipinski definition) is 2. The van der Waals surface area contributed by atoms with Gasteiger partial charge in [0.1, 0.15) is 23.0 Å². The van der Waals surface area contributed by atoms with Crippen LogP contribution in [0.4, 0.5) is 0 Å². The fraction of sp³-hybridized carbons (Fsp3) is 0.231. The quantitative estimate of drug-likeness (QED) is 0.0765. The van der Waals surface area contributed by atoms with E-state index in [1.165, 1.54) is 33.4 Å². The Morgan fingerprint density at radius 3 is 0.964 bits per heavy atom. The van der Waals surface area contributed by atoms with Gasteiger partial charge in [-0.1, -0.05) is 150 Å². The van der Waals surface area contributed by atoms with Gasteiger partial charge in [0.25, 0.3) is 0 Å². The zero-order chi connectivity index (χ0) is 39.5. The fourth-order valence-corrected chi connectivity index (χ4v) is 6.72. The molecule has 288 valence electrons. The van der Waals surface area contributed by atoms with E-state index in [1.54, 1.807) is 24.3 Å². The summed E-state index contributed by atoms with van der Waals surface area (Å²) in [5.41, 5.74) is 11.9. The van der Waals surface area contributed by atoms with E-state index >= 15 is 0 Å². The molecule has 6 rings (SSSR count). The highest BCUT2D eigenvalue weighted by molar-refractivity contribution is 5.99. The minimum absolute atomic E-state index is 0.278. The molecule has 0 aliphatic rings. The third kappa shape index (κ3) is 11.5. The number of unbranched alkanes of at least 4 members (excludes halogenated alkanes) is 2. The number of aromatic hydroxyl groups is 2. The highest BCUT2D eigenvalue weighted by Crippen LogP contribution is 2.37. The molecule has 0 aliphatic carbocycles. The summed E-state index contributed by atoms with van der Waals surface area (Å²) in [6.07, 6.45) is 6.21. The Labute approximate surface area is 334 Å². The predicted molar refractivity (Wildman–Crippen MR) is 235 cm³/mol. The van der Waals surface area contributed by atoms with Crippen molar-refractivity contribution in [2.75, 3.05) is 13.2 Å². The largest absolute Gasteiger partial charge is 0.508 e. The van der Waals surface area contributed by atoms with Crippen LogP contribution in [0.3, 0.4) is 0 Å². The third-order valence-electron chi connectivity index (χ3n) is 9.69. The fourth-order valence-electron chi connectivity index (χ4n) is 6.72. The number of hydrogen-bond acceptors (Lipinski definition) is 4. The van der Waals surface area contributed by atoms with Gasteiger partial charge in [0, 0.05) is 0 Å². The van der Waals surface area contributed by atoms with Gasteiger partial charge in [0.2, 0.25) is 0 Å². The van der Waals surface area contributed by atoms with Gasteiger partial charge in [0.15, 0.2) is 0 Å². The number of ether oxygens (including phenoxy) is 2. The molecule has 0 radical (unpaired) electrons. The summed E-state index contributed by atoms with van der Waals surface area (Å²) in [4.78, 5) is 0. The first kappa shape index (κ1) is 41.2. The summed E-state index contributed by atoms with van der Waals surface area (Å²) >= 11 is 0. The summed E-state index contributed by atoms with van der Waals surface area (Å²) in [6, 6.07) is 52.6. The average molecular weight is 745 g/mol. The molecule has 0 bridgehead atoms. The van der Waals surface area contributed by atoms with Crippen LogP contribution >= 0.6 is 0 Å². The predicted octanol–water partition coefficient (Wildman–Crippen LogP) is 13.9. The van der Waals surface area contributed by atoms with Crippen molar-refractivity contribution in [1.29, 1.82) is 0 Å². The van der Waals surface area contributed by atoms with E-state index in [0.29, 0.717) is 0 Å². The van der Waals surface area contributed by atoms with E-state index in [-0.39, 0.29) is 11.5 Å². The Hall–Kier alpha value is -6.00. The van der Waals surface area contributed by atoms with Crippen LogP contribution in [0.25, 0.3) is 22.3 Å². The maximum absolute atomic E-state index is 9.73. The van der Waals surface area contributed by atoms with Gasteiger partial charge in [-0.2, -0.15) is 0 Å². The van der Waals surface area contributed by atoms with Crippen molar-refractivity contribution in [3.05, 3.63) is 191 Å². The number of rotatable bonds is 16. The normalized spacial score (nSPS) is 11.8. The molecule has 4 nitrogen and oxygen atoms in total. The first-order chi connectivity index (χ1) is 27.4. The molecule has 0 saturated heterocycles. The summed E-state index contributed by atoms with van der Waals surface area (Å²) < 4.78 is 11.6. The first-order valence-corrected chi connectivity index (χ1v) is 20.1. The number of benzene rings is 6. The van der Waals surface area contributed by atoms with Crippen LogP contribution in [0.5, 0.6) is 23.0 Å².